The zero-order valence-electron chi connectivity index (χ0n) is 3.90. The Kier molecular flexibility index (Phi) is 19.4. The summed E-state index contributed by atoms with van der Waals surface area (Å²) in [6.07, 6.45) is 4.47. The van der Waals surface area contributed by atoms with E-state index in [4.69, 9.17) is 0 Å². The fourth-order valence-electron chi connectivity index (χ4n) is 0.176. The molecule has 1 rings (SSSR count). The minimum absolute atomic E-state index is 0. The van der Waals surface area contributed by atoms with Crippen molar-refractivity contribution >= 4 is 24.8 Å². The minimum atomic E-state index is 0. The SMILES string of the molecule is Cl.Cl.O.c1cocn1. The molecule has 0 bridgehead atoms. The van der Waals surface area contributed by atoms with Gasteiger partial charge in [0.05, 0.1) is 6.20 Å². The van der Waals surface area contributed by atoms with Crippen molar-refractivity contribution in [1.82, 2.24) is 4.98 Å². The van der Waals surface area contributed by atoms with Gasteiger partial charge in [0.1, 0.15) is 6.26 Å². The summed E-state index contributed by atoms with van der Waals surface area (Å²) in [4.78, 5) is 3.56. The first kappa shape index (κ1) is 15.7. The first-order valence-corrected chi connectivity index (χ1v) is 1.32. The molecule has 0 aromatic carbocycles. The van der Waals surface area contributed by atoms with Crippen molar-refractivity contribution in [3.63, 3.8) is 0 Å². The van der Waals surface area contributed by atoms with Crippen molar-refractivity contribution in [2.45, 2.75) is 0 Å². The molecule has 0 spiro atoms. The Hall–Kier alpha value is -0.250. The van der Waals surface area contributed by atoms with Gasteiger partial charge in [-0.3, -0.25) is 0 Å². The van der Waals surface area contributed by atoms with Crippen LogP contribution in [0.4, 0.5) is 0 Å². The molecule has 0 radical (unpaired) electrons. The molecule has 0 fully saturated rings. The molecule has 1 aromatic heterocycles. The third kappa shape index (κ3) is 5.75. The highest BCUT2D eigenvalue weighted by Crippen LogP contribution is 1.72. The zero-order chi connectivity index (χ0) is 3.54. The molecule has 0 aliphatic carbocycles. The van der Waals surface area contributed by atoms with E-state index in [0.717, 1.165) is 0 Å². The first-order valence-electron chi connectivity index (χ1n) is 1.32. The third-order valence-electron chi connectivity index (χ3n) is 0.347. The molecule has 5 heteroatoms. The van der Waals surface area contributed by atoms with E-state index in [2.05, 4.69) is 9.40 Å². The Bertz CT molecular complexity index is 71.8. The van der Waals surface area contributed by atoms with Crippen LogP contribution in [-0.4, -0.2) is 10.5 Å². The summed E-state index contributed by atoms with van der Waals surface area (Å²) in [5.74, 6) is 0. The van der Waals surface area contributed by atoms with Crippen LogP contribution in [0.15, 0.2) is 23.3 Å². The Morgan fingerprint density at radius 1 is 1.25 bits per heavy atom. The maximum Gasteiger partial charge on any atom is 0.180 e. The highest BCUT2D eigenvalue weighted by molar-refractivity contribution is 5.85. The van der Waals surface area contributed by atoms with Crippen molar-refractivity contribution in [2.24, 2.45) is 0 Å². The van der Waals surface area contributed by atoms with Gasteiger partial charge >= 0.3 is 0 Å². The van der Waals surface area contributed by atoms with Crippen LogP contribution < -0.4 is 0 Å². The van der Waals surface area contributed by atoms with Crippen molar-refractivity contribution in [2.75, 3.05) is 0 Å². The largest absolute Gasteiger partial charge is 0.452 e. The van der Waals surface area contributed by atoms with Crippen molar-refractivity contribution < 1.29 is 9.89 Å². The van der Waals surface area contributed by atoms with Crippen LogP contribution >= 0.6 is 24.8 Å². The molecule has 0 amide bonds. The lowest BCUT2D eigenvalue weighted by Gasteiger charge is -1.47. The van der Waals surface area contributed by atoms with Crippen LogP contribution in [0.25, 0.3) is 0 Å². The molecule has 0 unspecified atom stereocenters. The molecule has 1 heterocycles. The molecular formula is C3H7Cl2NO2. The highest BCUT2D eigenvalue weighted by atomic mass is 35.5. The monoisotopic (exact) mass is 159 g/mol. The van der Waals surface area contributed by atoms with Crippen molar-refractivity contribution in [1.29, 1.82) is 0 Å². The summed E-state index contributed by atoms with van der Waals surface area (Å²) in [6, 6.07) is 0. The van der Waals surface area contributed by atoms with Gasteiger partial charge in [-0.1, -0.05) is 0 Å². The van der Waals surface area contributed by atoms with E-state index in [1.54, 1.807) is 6.20 Å². The maximum atomic E-state index is 4.47. The Morgan fingerprint density at radius 2 is 1.88 bits per heavy atom. The normalized spacial score (nSPS) is 5.00. The maximum absolute atomic E-state index is 4.47. The van der Waals surface area contributed by atoms with E-state index < -0.39 is 0 Å². The van der Waals surface area contributed by atoms with Gasteiger partial charge in [-0.2, -0.15) is 0 Å². The molecule has 0 aliphatic heterocycles. The predicted octanol–water partition coefficient (Wildman–Crippen LogP) is 0.693. The predicted molar refractivity (Wildman–Crippen MR) is 34.6 cm³/mol. The fourth-order valence-corrected chi connectivity index (χ4v) is 0.176. The standard InChI is InChI=1S/C3H3NO.2ClH.H2O/c1-2-5-3-4-1;;;/h1-3H;2*1H;1H2. The summed E-state index contributed by atoms with van der Waals surface area (Å²) < 4.78 is 4.47. The lowest BCUT2D eigenvalue weighted by Crippen LogP contribution is -1.38. The van der Waals surface area contributed by atoms with Gasteiger partial charge in [0, 0.05) is 0 Å². The van der Waals surface area contributed by atoms with Gasteiger partial charge in [-0.15, -0.1) is 24.8 Å². The van der Waals surface area contributed by atoms with E-state index in [-0.39, 0.29) is 30.3 Å². The number of hydrogen-bond donors (Lipinski definition) is 0. The summed E-state index contributed by atoms with van der Waals surface area (Å²) in [7, 11) is 0. The van der Waals surface area contributed by atoms with Crippen LogP contribution in [0.5, 0.6) is 0 Å². The van der Waals surface area contributed by atoms with E-state index in [1.165, 1.54) is 12.7 Å². The smallest absolute Gasteiger partial charge is 0.180 e. The van der Waals surface area contributed by atoms with Crippen LogP contribution in [0.1, 0.15) is 0 Å². The summed E-state index contributed by atoms with van der Waals surface area (Å²) in [5, 5.41) is 0. The van der Waals surface area contributed by atoms with Crippen molar-refractivity contribution in [3.8, 4) is 0 Å². The van der Waals surface area contributed by atoms with E-state index in [1.807, 2.05) is 0 Å². The van der Waals surface area contributed by atoms with Crippen LogP contribution in [0, 0.1) is 0 Å². The number of rotatable bonds is 0. The van der Waals surface area contributed by atoms with Crippen LogP contribution in [-0.2, 0) is 0 Å². The molecule has 8 heavy (non-hydrogen) atoms. The van der Waals surface area contributed by atoms with E-state index in [9.17, 15) is 0 Å². The summed E-state index contributed by atoms with van der Waals surface area (Å²) in [6.45, 7) is 0. The lowest BCUT2D eigenvalue weighted by atomic mass is 11.0. The highest BCUT2D eigenvalue weighted by Gasteiger charge is 1.59. The second-order valence-corrected chi connectivity index (χ2v) is 0.676. The van der Waals surface area contributed by atoms with E-state index >= 15 is 0 Å². The summed E-state index contributed by atoms with van der Waals surface area (Å²) >= 11 is 0. The average molecular weight is 160 g/mol. The molecule has 50 valence electrons. The van der Waals surface area contributed by atoms with Crippen molar-refractivity contribution in [3.05, 3.63) is 18.9 Å². The zero-order valence-corrected chi connectivity index (χ0v) is 5.54. The fraction of sp³-hybridized carbons (Fsp3) is 0. The van der Waals surface area contributed by atoms with Crippen LogP contribution in [0.3, 0.4) is 0 Å². The van der Waals surface area contributed by atoms with Gasteiger partial charge in [-0.05, 0) is 0 Å². The third-order valence-corrected chi connectivity index (χ3v) is 0.347. The second-order valence-electron chi connectivity index (χ2n) is 0.676. The molecule has 0 saturated carbocycles. The van der Waals surface area contributed by atoms with Gasteiger partial charge in [-0.25, -0.2) is 4.98 Å². The Morgan fingerprint density at radius 3 is 2.00 bits per heavy atom. The number of oxazole rings is 1. The van der Waals surface area contributed by atoms with E-state index in [0.29, 0.717) is 0 Å². The molecule has 0 atom stereocenters. The van der Waals surface area contributed by atoms with Gasteiger partial charge in [0.15, 0.2) is 6.39 Å². The molecule has 0 saturated heterocycles. The first-order chi connectivity index (χ1) is 2.50. The topological polar surface area (TPSA) is 57.5 Å². The summed E-state index contributed by atoms with van der Waals surface area (Å²) in [5.41, 5.74) is 0. The van der Waals surface area contributed by atoms with Gasteiger partial charge in [0.25, 0.3) is 0 Å². The number of hydrogen-bond acceptors (Lipinski definition) is 2. The number of aromatic nitrogens is 1. The Balaban J connectivity index is -0.0000000833. The molecule has 3 nitrogen and oxygen atoms in total. The molecule has 2 N–H and O–H groups in total. The number of halogens is 2. The minimum Gasteiger partial charge on any atom is -0.452 e. The average Bonchev–Trinajstić information content (AvgIpc) is 1.76. The van der Waals surface area contributed by atoms with Crippen LogP contribution in [0.2, 0.25) is 0 Å². The van der Waals surface area contributed by atoms with Gasteiger partial charge in [0.2, 0.25) is 0 Å². The lowest BCUT2D eigenvalue weighted by molar-refractivity contribution is 0.558. The quantitative estimate of drug-likeness (QED) is 0.560. The molecule has 0 aliphatic rings. The Labute approximate surface area is 59.2 Å². The molecule has 1 aromatic rings. The number of nitrogens with zero attached hydrogens (tertiary/aromatic N) is 1. The molecular weight excluding hydrogens is 153 g/mol. The second kappa shape index (κ2) is 9.89. The van der Waals surface area contributed by atoms with Gasteiger partial charge < -0.3 is 9.89 Å².